The highest BCUT2D eigenvalue weighted by atomic mass is 79.9. The normalized spacial score (nSPS) is 12.1. The lowest BCUT2D eigenvalue weighted by Gasteiger charge is -2.14. The first-order chi connectivity index (χ1) is 8.93. The summed E-state index contributed by atoms with van der Waals surface area (Å²) in [7, 11) is 0. The van der Waals surface area contributed by atoms with E-state index in [9.17, 15) is 13.6 Å². The van der Waals surface area contributed by atoms with Crippen molar-refractivity contribution < 1.29 is 18.7 Å². The second kappa shape index (κ2) is 7.40. The van der Waals surface area contributed by atoms with Crippen LogP contribution in [0.15, 0.2) is 16.6 Å². The van der Waals surface area contributed by atoms with Crippen molar-refractivity contribution >= 4 is 27.6 Å². The topological polar surface area (TPSA) is 61.4 Å². The highest BCUT2D eigenvalue weighted by Gasteiger charge is 2.12. The van der Waals surface area contributed by atoms with E-state index < -0.39 is 17.7 Å². The van der Waals surface area contributed by atoms with Gasteiger partial charge >= 0.3 is 6.03 Å². The molecule has 1 atom stereocenters. The summed E-state index contributed by atoms with van der Waals surface area (Å²) in [6.45, 7) is 1.80. The molecule has 0 aliphatic rings. The Balaban J connectivity index is 2.59. The van der Waals surface area contributed by atoms with E-state index in [1.54, 1.807) is 6.92 Å². The third kappa shape index (κ3) is 5.12. The molecule has 1 rings (SSSR count). The van der Waals surface area contributed by atoms with Gasteiger partial charge in [-0.25, -0.2) is 13.6 Å². The third-order valence-electron chi connectivity index (χ3n) is 2.43. The highest BCUT2D eigenvalue weighted by molar-refractivity contribution is 9.10. The van der Waals surface area contributed by atoms with Gasteiger partial charge in [0.2, 0.25) is 0 Å². The van der Waals surface area contributed by atoms with Gasteiger partial charge in [0, 0.05) is 18.7 Å². The molecule has 0 heterocycles. The largest absolute Gasteiger partial charge is 0.396 e. The Morgan fingerprint density at radius 3 is 2.74 bits per heavy atom. The molecule has 7 heteroatoms. The van der Waals surface area contributed by atoms with Crippen LogP contribution >= 0.6 is 15.9 Å². The zero-order chi connectivity index (χ0) is 14.4. The predicted octanol–water partition coefficient (Wildman–Crippen LogP) is 3.01. The number of carbonyl (C=O) groups is 1. The number of amides is 2. The average molecular weight is 337 g/mol. The molecule has 0 unspecified atom stereocenters. The van der Waals surface area contributed by atoms with Crippen LogP contribution in [0, 0.1) is 11.6 Å². The number of benzene rings is 1. The first kappa shape index (κ1) is 15.8. The molecular weight excluding hydrogens is 322 g/mol. The molecule has 0 saturated carbocycles. The minimum atomic E-state index is -0.730. The van der Waals surface area contributed by atoms with E-state index in [1.807, 2.05) is 0 Å². The maximum Gasteiger partial charge on any atom is 0.319 e. The average Bonchev–Trinajstić information content (AvgIpc) is 2.33. The molecule has 0 bridgehead atoms. The number of carbonyl (C=O) groups excluding carboxylic acids is 1. The molecule has 0 radical (unpaired) electrons. The number of aliphatic hydroxyl groups excluding tert-OH is 1. The summed E-state index contributed by atoms with van der Waals surface area (Å²) in [5.74, 6) is -1.39. The number of nitrogens with one attached hydrogen (secondary N) is 2. The van der Waals surface area contributed by atoms with Gasteiger partial charge in [0.25, 0.3) is 0 Å². The third-order valence-corrected chi connectivity index (χ3v) is 3.04. The van der Waals surface area contributed by atoms with Crippen molar-refractivity contribution in [2.45, 2.75) is 25.8 Å². The Morgan fingerprint density at radius 1 is 1.42 bits per heavy atom. The summed E-state index contributed by atoms with van der Waals surface area (Å²) >= 11 is 2.85. The fourth-order valence-corrected chi connectivity index (χ4v) is 1.79. The van der Waals surface area contributed by atoms with E-state index in [1.165, 1.54) is 0 Å². The zero-order valence-corrected chi connectivity index (χ0v) is 11.9. The van der Waals surface area contributed by atoms with Crippen molar-refractivity contribution in [3.05, 3.63) is 28.2 Å². The van der Waals surface area contributed by atoms with Gasteiger partial charge in [-0.05, 0) is 41.8 Å². The number of hydrogen-bond acceptors (Lipinski definition) is 2. The van der Waals surface area contributed by atoms with Crippen LogP contribution in [-0.2, 0) is 0 Å². The standard InChI is InChI=1S/C12H15BrF2N2O2/c1-7(3-2-4-18)16-12(19)17-11-6-9(14)8(13)5-10(11)15/h5-7,18H,2-4H2,1H3,(H2,16,17,19)/t7-/m0/s1. The van der Waals surface area contributed by atoms with E-state index in [-0.39, 0.29) is 22.8 Å². The molecule has 0 aromatic heterocycles. The van der Waals surface area contributed by atoms with E-state index >= 15 is 0 Å². The number of aliphatic hydroxyl groups is 1. The Kier molecular flexibility index (Phi) is 6.17. The second-order valence-electron chi connectivity index (χ2n) is 4.11. The van der Waals surface area contributed by atoms with E-state index in [4.69, 9.17) is 5.11 Å². The maximum absolute atomic E-state index is 13.5. The Hall–Kier alpha value is -1.21. The van der Waals surface area contributed by atoms with Crippen LogP contribution in [0.4, 0.5) is 19.3 Å². The van der Waals surface area contributed by atoms with Gasteiger partial charge in [-0.3, -0.25) is 0 Å². The van der Waals surface area contributed by atoms with Crippen LogP contribution < -0.4 is 10.6 Å². The van der Waals surface area contributed by atoms with Crippen LogP contribution in [0.1, 0.15) is 19.8 Å². The lowest BCUT2D eigenvalue weighted by Crippen LogP contribution is -2.36. The van der Waals surface area contributed by atoms with Crippen LogP contribution in [0.2, 0.25) is 0 Å². The maximum atomic E-state index is 13.5. The quantitative estimate of drug-likeness (QED) is 0.724. The van der Waals surface area contributed by atoms with Crippen molar-refractivity contribution in [3.8, 4) is 0 Å². The molecule has 0 fully saturated rings. The first-order valence-electron chi connectivity index (χ1n) is 5.77. The summed E-state index contributed by atoms with van der Waals surface area (Å²) in [6, 6.07) is 1.05. The second-order valence-corrected chi connectivity index (χ2v) is 4.97. The monoisotopic (exact) mass is 336 g/mol. The van der Waals surface area contributed by atoms with E-state index in [2.05, 4.69) is 26.6 Å². The highest BCUT2D eigenvalue weighted by Crippen LogP contribution is 2.23. The molecule has 0 aliphatic heterocycles. The van der Waals surface area contributed by atoms with Gasteiger partial charge in [-0.2, -0.15) is 0 Å². The summed E-state index contributed by atoms with van der Waals surface area (Å²) < 4.78 is 26.7. The Bertz CT molecular complexity index is 458. The Morgan fingerprint density at radius 2 is 2.11 bits per heavy atom. The molecule has 1 aromatic carbocycles. The van der Waals surface area contributed by atoms with Gasteiger partial charge in [0.1, 0.15) is 11.6 Å². The zero-order valence-electron chi connectivity index (χ0n) is 10.3. The van der Waals surface area contributed by atoms with Crippen molar-refractivity contribution in [1.82, 2.24) is 5.32 Å². The van der Waals surface area contributed by atoms with Crippen molar-refractivity contribution in [3.63, 3.8) is 0 Å². The molecule has 0 aliphatic carbocycles. The fraction of sp³-hybridized carbons (Fsp3) is 0.417. The lowest BCUT2D eigenvalue weighted by molar-refractivity contribution is 0.245. The van der Waals surface area contributed by atoms with Gasteiger partial charge in [0.15, 0.2) is 0 Å². The SMILES string of the molecule is C[C@@H](CCCO)NC(=O)Nc1cc(F)c(Br)cc1F. The van der Waals surface area contributed by atoms with Gasteiger partial charge in [0.05, 0.1) is 10.2 Å². The first-order valence-corrected chi connectivity index (χ1v) is 6.56. The van der Waals surface area contributed by atoms with Crippen molar-refractivity contribution in [2.24, 2.45) is 0 Å². The van der Waals surface area contributed by atoms with E-state index in [0.717, 1.165) is 12.1 Å². The van der Waals surface area contributed by atoms with Crippen LogP contribution in [-0.4, -0.2) is 23.8 Å². The molecule has 3 N–H and O–H groups in total. The molecule has 2 amide bonds. The number of halogens is 3. The molecular formula is C12H15BrF2N2O2. The minimum Gasteiger partial charge on any atom is -0.396 e. The van der Waals surface area contributed by atoms with Crippen LogP contribution in [0.5, 0.6) is 0 Å². The summed E-state index contributed by atoms with van der Waals surface area (Å²) in [6.07, 6.45) is 1.16. The number of anilines is 1. The smallest absolute Gasteiger partial charge is 0.319 e. The van der Waals surface area contributed by atoms with Gasteiger partial charge in [-0.1, -0.05) is 0 Å². The molecule has 1 aromatic rings. The number of urea groups is 1. The minimum absolute atomic E-state index is 0.00716. The molecule has 106 valence electrons. The van der Waals surface area contributed by atoms with Crippen molar-refractivity contribution in [1.29, 1.82) is 0 Å². The van der Waals surface area contributed by atoms with Crippen LogP contribution in [0.3, 0.4) is 0 Å². The fourth-order valence-electron chi connectivity index (χ4n) is 1.47. The molecule has 0 saturated heterocycles. The summed E-state index contributed by atoms with van der Waals surface area (Å²) in [5.41, 5.74) is -0.229. The molecule has 0 spiro atoms. The van der Waals surface area contributed by atoms with Crippen molar-refractivity contribution in [2.75, 3.05) is 11.9 Å². The summed E-state index contributed by atoms with van der Waals surface area (Å²) in [5, 5.41) is 13.5. The van der Waals surface area contributed by atoms with Crippen LogP contribution in [0.25, 0.3) is 0 Å². The van der Waals surface area contributed by atoms with Gasteiger partial charge in [-0.15, -0.1) is 0 Å². The number of rotatable bonds is 5. The molecule has 4 nitrogen and oxygen atoms in total. The predicted molar refractivity (Wildman–Crippen MR) is 72.0 cm³/mol. The van der Waals surface area contributed by atoms with Gasteiger partial charge < -0.3 is 15.7 Å². The molecule has 19 heavy (non-hydrogen) atoms. The Labute approximate surface area is 118 Å². The summed E-state index contributed by atoms with van der Waals surface area (Å²) in [4.78, 5) is 11.5. The number of hydrogen-bond donors (Lipinski definition) is 3. The lowest BCUT2D eigenvalue weighted by atomic mass is 10.2. The van der Waals surface area contributed by atoms with E-state index in [0.29, 0.717) is 12.8 Å².